The standard InChI is InChI=1S/C9H14O2/c1-9(2,3)7-4-5-8(10)11-6-7/h4-5,7H,6H2,1-3H3. The van der Waals surface area contributed by atoms with Crippen LogP contribution in [0.5, 0.6) is 0 Å². The molecule has 0 saturated heterocycles. The number of ether oxygens (including phenoxy) is 1. The Bertz CT molecular complexity index is 186. The Labute approximate surface area is 67.2 Å². The minimum absolute atomic E-state index is 0.192. The lowest BCUT2D eigenvalue weighted by Gasteiger charge is -2.29. The van der Waals surface area contributed by atoms with Crippen molar-refractivity contribution in [3.05, 3.63) is 12.2 Å². The number of carbonyl (C=O) groups excluding carboxylic acids is 1. The van der Waals surface area contributed by atoms with E-state index in [0.717, 1.165) is 0 Å². The molecular weight excluding hydrogens is 140 g/mol. The molecule has 0 aromatic rings. The van der Waals surface area contributed by atoms with Gasteiger partial charge in [0, 0.05) is 12.0 Å². The minimum Gasteiger partial charge on any atom is -0.462 e. The Morgan fingerprint density at radius 2 is 2.18 bits per heavy atom. The molecule has 0 N–H and O–H groups in total. The van der Waals surface area contributed by atoms with Gasteiger partial charge >= 0.3 is 5.97 Å². The molecule has 2 heteroatoms. The summed E-state index contributed by atoms with van der Waals surface area (Å²) in [6.45, 7) is 6.95. The van der Waals surface area contributed by atoms with Crippen LogP contribution < -0.4 is 0 Å². The second-order valence-corrected chi connectivity index (χ2v) is 3.96. The summed E-state index contributed by atoms with van der Waals surface area (Å²) in [5, 5.41) is 0. The van der Waals surface area contributed by atoms with E-state index >= 15 is 0 Å². The summed E-state index contributed by atoms with van der Waals surface area (Å²) in [4.78, 5) is 10.6. The van der Waals surface area contributed by atoms with Gasteiger partial charge in [0.2, 0.25) is 0 Å². The van der Waals surface area contributed by atoms with Crippen molar-refractivity contribution in [1.29, 1.82) is 0 Å². The van der Waals surface area contributed by atoms with Gasteiger partial charge in [-0.15, -0.1) is 0 Å². The molecule has 0 aliphatic carbocycles. The molecule has 0 fully saturated rings. The van der Waals surface area contributed by atoms with Gasteiger partial charge < -0.3 is 4.74 Å². The maximum atomic E-state index is 10.6. The lowest BCUT2D eigenvalue weighted by atomic mass is 9.80. The molecule has 0 bridgehead atoms. The van der Waals surface area contributed by atoms with Gasteiger partial charge in [0.15, 0.2) is 0 Å². The number of hydrogen-bond donors (Lipinski definition) is 0. The largest absolute Gasteiger partial charge is 0.462 e. The summed E-state index contributed by atoms with van der Waals surface area (Å²) < 4.78 is 4.89. The van der Waals surface area contributed by atoms with Gasteiger partial charge in [-0.1, -0.05) is 26.8 Å². The van der Waals surface area contributed by atoms with Gasteiger partial charge in [0.25, 0.3) is 0 Å². The van der Waals surface area contributed by atoms with Crippen LogP contribution in [-0.4, -0.2) is 12.6 Å². The average Bonchev–Trinajstić information content (AvgIpc) is 1.86. The van der Waals surface area contributed by atoms with Crippen molar-refractivity contribution in [2.45, 2.75) is 20.8 Å². The average molecular weight is 154 g/mol. The highest BCUT2D eigenvalue weighted by Gasteiger charge is 2.25. The van der Waals surface area contributed by atoms with Crippen LogP contribution in [0.25, 0.3) is 0 Å². The third kappa shape index (κ3) is 2.07. The van der Waals surface area contributed by atoms with E-state index in [1.165, 1.54) is 6.08 Å². The molecule has 2 nitrogen and oxygen atoms in total. The molecule has 0 spiro atoms. The highest BCUT2D eigenvalue weighted by Crippen LogP contribution is 2.28. The van der Waals surface area contributed by atoms with Crippen LogP contribution >= 0.6 is 0 Å². The SMILES string of the molecule is CC(C)(C)C1C=CC(=O)OC1. The fraction of sp³-hybridized carbons (Fsp3) is 0.667. The van der Waals surface area contributed by atoms with Gasteiger partial charge in [-0.05, 0) is 5.41 Å². The Hall–Kier alpha value is -0.790. The zero-order chi connectivity index (χ0) is 8.48. The zero-order valence-electron chi connectivity index (χ0n) is 7.26. The van der Waals surface area contributed by atoms with E-state index in [2.05, 4.69) is 20.8 Å². The van der Waals surface area contributed by atoms with E-state index < -0.39 is 0 Å². The first kappa shape index (κ1) is 8.31. The highest BCUT2D eigenvalue weighted by atomic mass is 16.5. The van der Waals surface area contributed by atoms with Crippen LogP contribution in [0.4, 0.5) is 0 Å². The van der Waals surface area contributed by atoms with Gasteiger partial charge in [-0.3, -0.25) is 0 Å². The van der Waals surface area contributed by atoms with Crippen LogP contribution in [0.1, 0.15) is 20.8 Å². The predicted molar refractivity (Wildman–Crippen MR) is 43.0 cm³/mol. The molecule has 1 unspecified atom stereocenters. The normalized spacial score (nSPS) is 25.0. The van der Waals surface area contributed by atoms with Gasteiger partial charge in [-0.2, -0.15) is 0 Å². The molecule has 0 aromatic heterocycles. The molecular formula is C9H14O2. The first-order valence-electron chi connectivity index (χ1n) is 3.85. The summed E-state index contributed by atoms with van der Waals surface area (Å²) in [6.07, 6.45) is 3.45. The predicted octanol–water partition coefficient (Wildman–Crippen LogP) is 1.76. The second kappa shape index (κ2) is 2.68. The Balaban J connectivity index is 2.65. The highest BCUT2D eigenvalue weighted by molar-refractivity contribution is 5.82. The van der Waals surface area contributed by atoms with Crippen molar-refractivity contribution in [2.24, 2.45) is 11.3 Å². The Morgan fingerprint density at radius 3 is 2.55 bits per heavy atom. The molecule has 0 amide bonds. The van der Waals surface area contributed by atoms with E-state index in [4.69, 9.17) is 4.74 Å². The van der Waals surface area contributed by atoms with Gasteiger partial charge in [0.1, 0.15) is 0 Å². The van der Waals surface area contributed by atoms with Crippen molar-refractivity contribution in [2.75, 3.05) is 6.61 Å². The van der Waals surface area contributed by atoms with Crippen LogP contribution in [0.2, 0.25) is 0 Å². The van der Waals surface area contributed by atoms with Gasteiger partial charge in [0.05, 0.1) is 6.61 Å². The molecule has 62 valence electrons. The van der Waals surface area contributed by atoms with Crippen LogP contribution in [0.15, 0.2) is 12.2 Å². The summed E-state index contributed by atoms with van der Waals surface area (Å²) in [5.74, 6) is 0.144. The van der Waals surface area contributed by atoms with E-state index in [1.54, 1.807) is 0 Å². The van der Waals surface area contributed by atoms with Crippen LogP contribution in [0.3, 0.4) is 0 Å². The Morgan fingerprint density at radius 1 is 1.55 bits per heavy atom. The third-order valence-corrected chi connectivity index (χ3v) is 1.98. The lowest BCUT2D eigenvalue weighted by molar-refractivity contribution is -0.140. The first-order valence-corrected chi connectivity index (χ1v) is 3.85. The summed E-state index contributed by atoms with van der Waals surface area (Å²) in [6, 6.07) is 0. The zero-order valence-corrected chi connectivity index (χ0v) is 7.26. The minimum atomic E-state index is -0.217. The summed E-state index contributed by atoms with van der Waals surface area (Å²) in [7, 11) is 0. The number of cyclic esters (lactones) is 1. The number of carbonyl (C=O) groups is 1. The van der Waals surface area contributed by atoms with Crippen molar-refractivity contribution in [3.8, 4) is 0 Å². The van der Waals surface area contributed by atoms with Crippen molar-refractivity contribution >= 4 is 5.97 Å². The van der Waals surface area contributed by atoms with Crippen LogP contribution in [0, 0.1) is 11.3 Å². The molecule has 0 aromatic carbocycles. The molecule has 1 atom stereocenters. The lowest BCUT2D eigenvalue weighted by Crippen LogP contribution is -2.27. The fourth-order valence-corrected chi connectivity index (χ4v) is 1.01. The topological polar surface area (TPSA) is 26.3 Å². The van der Waals surface area contributed by atoms with E-state index in [9.17, 15) is 4.79 Å². The Kier molecular flexibility index (Phi) is 2.03. The fourth-order valence-electron chi connectivity index (χ4n) is 1.01. The van der Waals surface area contributed by atoms with Crippen molar-refractivity contribution < 1.29 is 9.53 Å². The molecule has 1 rings (SSSR count). The number of rotatable bonds is 0. The maximum Gasteiger partial charge on any atom is 0.330 e. The molecule has 1 heterocycles. The quantitative estimate of drug-likeness (QED) is 0.497. The van der Waals surface area contributed by atoms with E-state index in [-0.39, 0.29) is 11.4 Å². The molecule has 0 radical (unpaired) electrons. The molecule has 11 heavy (non-hydrogen) atoms. The van der Waals surface area contributed by atoms with Crippen molar-refractivity contribution in [3.63, 3.8) is 0 Å². The van der Waals surface area contributed by atoms with E-state index in [0.29, 0.717) is 12.5 Å². The molecule has 0 saturated carbocycles. The smallest absolute Gasteiger partial charge is 0.330 e. The van der Waals surface area contributed by atoms with E-state index in [1.807, 2.05) is 6.08 Å². The number of esters is 1. The summed E-state index contributed by atoms with van der Waals surface area (Å²) in [5.41, 5.74) is 0.192. The van der Waals surface area contributed by atoms with Crippen molar-refractivity contribution in [1.82, 2.24) is 0 Å². The second-order valence-electron chi connectivity index (χ2n) is 3.96. The van der Waals surface area contributed by atoms with Crippen LogP contribution in [-0.2, 0) is 9.53 Å². The molecule has 1 aliphatic heterocycles. The first-order chi connectivity index (χ1) is 5.00. The maximum absolute atomic E-state index is 10.6. The summed E-state index contributed by atoms with van der Waals surface area (Å²) >= 11 is 0. The monoisotopic (exact) mass is 154 g/mol. The van der Waals surface area contributed by atoms with Gasteiger partial charge in [-0.25, -0.2) is 4.79 Å². The molecule has 1 aliphatic rings. The third-order valence-electron chi connectivity index (χ3n) is 1.98. The number of hydrogen-bond acceptors (Lipinski definition) is 2.